The van der Waals surface area contributed by atoms with Crippen LogP contribution in [0.4, 0.5) is 0 Å². The van der Waals surface area contributed by atoms with E-state index in [2.05, 4.69) is 0 Å². The van der Waals surface area contributed by atoms with Gasteiger partial charge in [0.25, 0.3) is 0 Å². The van der Waals surface area contributed by atoms with Crippen molar-refractivity contribution in [2.75, 3.05) is 13.2 Å². The third-order valence-corrected chi connectivity index (χ3v) is 3.45. The summed E-state index contributed by atoms with van der Waals surface area (Å²) in [6.45, 7) is 0.112. The van der Waals surface area contributed by atoms with Gasteiger partial charge in [0, 0.05) is 13.2 Å². The number of aliphatic carboxylic acids is 1. The van der Waals surface area contributed by atoms with Crippen LogP contribution in [-0.2, 0) is 4.79 Å². The van der Waals surface area contributed by atoms with E-state index in [1.54, 1.807) is 0 Å². The van der Waals surface area contributed by atoms with Crippen molar-refractivity contribution in [1.82, 2.24) is 0 Å². The minimum atomic E-state index is -0.772. The summed E-state index contributed by atoms with van der Waals surface area (Å²) in [4.78, 5) is 11.2. The molecule has 88 valence electrons. The number of aliphatic hydroxyl groups is 2. The second-order valence-corrected chi connectivity index (χ2v) is 4.34. The van der Waals surface area contributed by atoms with Gasteiger partial charge in [-0.15, -0.1) is 0 Å². The first kappa shape index (κ1) is 12.5. The number of hydrogen-bond acceptors (Lipinski definition) is 3. The Morgan fingerprint density at radius 3 is 1.87 bits per heavy atom. The van der Waals surface area contributed by atoms with Gasteiger partial charge in [0.2, 0.25) is 0 Å². The van der Waals surface area contributed by atoms with Crippen LogP contribution in [0.3, 0.4) is 0 Å². The number of carboxylic acid groups (broad SMARTS) is 1. The predicted octanol–water partition coefficient (Wildman–Crippen LogP) is 0.868. The Bertz CT molecular complexity index is 187. The van der Waals surface area contributed by atoms with E-state index in [1.807, 2.05) is 0 Å². The summed E-state index contributed by atoms with van der Waals surface area (Å²) in [7, 11) is 0. The van der Waals surface area contributed by atoms with Gasteiger partial charge >= 0.3 is 5.97 Å². The van der Waals surface area contributed by atoms with Crippen molar-refractivity contribution in [3.05, 3.63) is 0 Å². The van der Waals surface area contributed by atoms with Crippen LogP contribution in [0.25, 0.3) is 0 Å². The molecule has 0 heterocycles. The van der Waals surface area contributed by atoms with Crippen molar-refractivity contribution < 1.29 is 20.1 Å². The van der Waals surface area contributed by atoms with Crippen LogP contribution < -0.4 is 0 Å². The van der Waals surface area contributed by atoms with E-state index in [0.717, 1.165) is 19.3 Å². The second-order valence-electron chi connectivity index (χ2n) is 4.34. The third-order valence-electron chi connectivity index (χ3n) is 3.45. The molecule has 0 aliphatic heterocycles. The molecule has 3 N–H and O–H groups in total. The molecule has 2 atom stereocenters. The smallest absolute Gasteiger partial charge is 0.307 e. The topological polar surface area (TPSA) is 77.8 Å². The van der Waals surface area contributed by atoms with Crippen molar-refractivity contribution in [3.8, 4) is 0 Å². The van der Waals surface area contributed by atoms with Crippen LogP contribution in [0.2, 0.25) is 0 Å². The van der Waals surface area contributed by atoms with Crippen LogP contribution in [0.15, 0.2) is 0 Å². The maximum atomic E-state index is 11.2. The molecule has 0 aromatic heterocycles. The van der Waals surface area contributed by atoms with E-state index >= 15 is 0 Å². The largest absolute Gasteiger partial charge is 0.481 e. The molecule has 2 unspecified atom stereocenters. The number of carboxylic acids is 1. The molecule has 1 fully saturated rings. The molecule has 0 bridgehead atoms. The molecule has 0 amide bonds. The summed E-state index contributed by atoms with van der Waals surface area (Å²) >= 11 is 0. The lowest BCUT2D eigenvalue weighted by Gasteiger charge is -2.35. The van der Waals surface area contributed by atoms with E-state index in [1.165, 1.54) is 0 Å². The van der Waals surface area contributed by atoms with Crippen molar-refractivity contribution in [3.63, 3.8) is 0 Å². The van der Waals surface area contributed by atoms with E-state index in [-0.39, 0.29) is 31.0 Å². The Labute approximate surface area is 89.9 Å². The lowest BCUT2D eigenvalue weighted by molar-refractivity contribution is -0.148. The molecule has 0 aromatic carbocycles. The maximum absolute atomic E-state index is 11.2. The number of hydrogen-bond donors (Lipinski definition) is 3. The summed E-state index contributed by atoms with van der Waals surface area (Å²) in [5.41, 5.74) is 0. The molecule has 1 saturated carbocycles. The van der Waals surface area contributed by atoms with Crippen molar-refractivity contribution in [1.29, 1.82) is 0 Å². The van der Waals surface area contributed by atoms with Crippen LogP contribution in [0.5, 0.6) is 0 Å². The average Bonchev–Trinajstić information content (AvgIpc) is 2.18. The molecular weight excluding hydrogens is 196 g/mol. The van der Waals surface area contributed by atoms with Gasteiger partial charge in [-0.25, -0.2) is 0 Å². The molecule has 4 heteroatoms. The fourth-order valence-electron chi connectivity index (χ4n) is 2.77. The van der Waals surface area contributed by atoms with E-state index in [4.69, 9.17) is 15.3 Å². The normalized spacial score (nSPS) is 31.5. The molecule has 0 saturated heterocycles. The van der Waals surface area contributed by atoms with Gasteiger partial charge in [0.05, 0.1) is 5.92 Å². The van der Waals surface area contributed by atoms with E-state index < -0.39 is 5.97 Å². The van der Waals surface area contributed by atoms with E-state index in [9.17, 15) is 4.79 Å². The lowest BCUT2D eigenvalue weighted by Crippen LogP contribution is -2.35. The molecule has 1 rings (SSSR count). The van der Waals surface area contributed by atoms with E-state index in [0.29, 0.717) is 12.8 Å². The molecular formula is C11H20O4. The van der Waals surface area contributed by atoms with Gasteiger partial charge < -0.3 is 15.3 Å². The second kappa shape index (κ2) is 6.08. The van der Waals surface area contributed by atoms with Crippen molar-refractivity contribution >= 4 is 5.97 Å². The standard InChI is InChI=1S/C11H20O4/c12-6-4-8-2-1-3-9(5-7-13)10(8)11(14)15/h8-10,12-13H,1-7H2,(H,14,15). The zero-order chi connectivity index (χ0) is 11.3. The monoisotopic (exact) mass is 216 g/mol. The molecule has 0 aromatic rings. The van der Waals surface area contributed by atoms with Crippen LogP contribution in [0.1, 0.15) is 32.1 Å². The van der Waals surface area contributed by atoms with Crippen molar-refractivity contribution in [2.45, 2.75) is 32.1 Å². The van der Waals surface area contributed by atoms with Crippen molar-refractivity contribution in [2.24, 2.45) is 17.8 Å². The number of rotatable bonds is 5. The van der Waals surface area contributed by atoms with Gasteiger partial charge in [-0.1, -0.05) is 6.42 Å². The summed E-state index contributed by atoms with van der Waals surface area (Å²) in [6, 6.07) is 0. The first-order valence-corrected chi connectivity index (χ1v) is 5.65. The van der Waals surface area contributed by atoms with Crippen LogP contribution in [-0.4, -0.2) is 34.5 Å². The fourth-order valence-corrected chi connectivity index (χ4v) is 2.77. The highest BCUT2D eigenvalue weighted by Crippen LogP contribution is 2.38. The zero-order valence-electron chi connectivity index (χ0n) is 8.93. The summed E-state index contributed by atoms with van der Waals surface area (Å²) in [5, 5.41) is 27.0. The summed E-state index contributed by atoms with van der Waals surface area (Å²) < 4.78 is 0. The van der Waals surface area contributed by atoms with Gasteiger partial charge in [0.15, 0.2) is 0 Å². The minimum Gasteiger partial charge on any atom is -0.481 e. The lowest BCUT2D eigenvalue weighted by atomic mass is 9.70. The molecule has 0 spiro atoms. The third kappa shape index (κ3) is 3.18. The zero-order valence-corrected chi connectivity index (χ0v) is 8.93. The summed E-state index contributed by atoms with van der Waals surface area (Å²) in [6.07, 6.45) is 3.93. The fraction of sp³-hybridized carbons (Fsp3) is 0.909. The first-order valence-electron chi connectivity index (χ1n) is 5.65. The molecule has 4 nitrogen and oxygen atoms in total. The quantitative estimate of drug-likeness (QED) is 0.637. The summed E-state index contributed by atoms with van der Waals surface area (Å²) in [5.74, 6) is -0.986. The van der Waals surface area contributed by atoms with Gasteiger partial charge in [-0.3, -0.25) is 4.79 Å². The Morgan fingerprint density at radius 1 is 1.07 bits per heavy atom. The Kier molecular flexibility index (Phi) is 5.05. The molecule has 1 aliphatic carbocycles. The average molecular weight is 216 g/mol. The number of carbonyl (C=O) groups is 1. The maximum Gasteiger partial charge on any atom is 0.307 e. The SMILES string of the molecule is O=C(O)C1C(CCO)CCCC1CCO. The van der Waals surface area contributed by atoms with Crippen LogP contribution in [0, 0.1) is 17.8 Å². The molecule has 0 radical (unpaired) electrons. The Balaban J connectivity index is 2.66. The van der Waals surface area contributed by atoms with Gasteiger partial charge in [0.1, 0.15) is 0 Å². The number of aliphatic hydroxyl groups excluding tert-OH is 2. The highest BCUT2D eigenvalue weighted by atomic mass is 16.4. The van der Waals surface area contributed by atoms with Gasteiger partial charge in [-0.2, -0.15) is 0 Å². The Morgan fingerprint density at radius 2 is 1.53 bits per heavy atom. The van der Waals surface area contributed by atoms with Crippen LogP contribution >= 0.6 is 0 Å². The van der Waals surface area contributed by atoms with Gasteiger partial charge in [-0.05, 0) is 37.5 Å². The first-order chi connectivity index (χ1) is 7.20. The highest BCUT2D eigenvalue weighted by molar-refractivity contribution is 5.70. The molecule has 15 heavy (non-hydrogen) atoms. The molecule has 1 aliphatic rings. The predicted molar refractivity (Wildman–Crippen MR) is 55.4 cm³/mol. The highest BCUT2D eigenvalue weighted by Gasteiger charge is 2.37. The minimum absolute atomic E-state index is 0.0558. The Hall–Kier alpha value is -0.610.